The Morgan fingerprint density at radius 3 is 2.40 bits per heavy atom. The summed E-state index contributed by atoms with van der Waals surface area (Å²) >= 11 is 15.8. The number of rotatable bonds is 10. The van der Waals surface area contributed by atoms with Crippen LogP contribution in [0.3, 0.4) is 0 Å². The van der Waals surface area contributed by atoms with Crippen molar-refractivity contribution in [1.29, 1.82) is 0 Å². The average molecular weight is 584 g/mol. The molecule has 0 aliphatic heterocycles. The summed E-state index contributed by atoms with van der Waals surface area (Å²) in [4.78, 5) is 28.3. The number of carbonyl (C=O) groups is 2. The first-order chi connectivity index (χ1) is 16.8. The lowest BCUT2D eigenvalue weighted by molar-refractivity contribution is -0.143. The van der Waals surface area contributed by atoms with Crippen molar-refractivity contribution >= 4 is 50.9 Å². The van der Waals surface area contributed by atoms with E-state index in [1.807, 2.05) is 31.2 Å². The van der Waals surface area contributed by atoms with Crippen molar-refractivity contribution < 1.29 is 14.3 Å². The highest BCUT2D eigenvalue weighted by molar-refractivity contribution is 9.10. The Bertz CT molecular complexity index is 1030. The van der Waals surface area contributed by atoms with Gasteiger partial charge in [-0.2, -0.15) is 0 Å². The second kappa shape index (κ2) is 13.5. The van der Waals surface area contributed by atoms with Crippen molar-refractivity contribution in [3.05, 3.63) is 62.0 Å². The number of nitrogens with one attached hydrogen (secondary N) is 1. The first-order valence-electron chi connectivity index (χ1n) is 12.3. The van der Waals surface area contributed by atoms with Gasteiger partial charge >= 0.3 is 0 Å². The molecule has 0 aromatic heterocycles. The predicted octanol–water partition coefficient (Wildman–Crippen LogP) is 6.95. The fourth-order valence-corrected chi connectivity index (χ4v) is 5.26. The maximum atomic E-state index is 13.5. The summed E-state index contributed by atoms with van der Waals surface area (Å²) < 4.78 is 6.66. The Hall–Kier alpha value is -1.76. The first kappa shape index (κ1) is 27.8. The molecule has 0 unspecified atom stereocenters. The highest BCUT2D eigenvalue weighted by Crippen LogP contribution is 2.27. The molecule has 190 valence electrons. The smallest absolute Gasteiger partial charge is 0.261 e. The van der Waals surface area contributed by atoms with E-state index in [0.29, 0.717) is 22.2 Å². The Labute approximate surface area is 226 Å². The van der Waals surface area contributed by atoms with E-state index in [1.165, 1.54) is 12.0 Å². The SMILES string of the molecule is CCc1ccc(OCC(=O)N(Cc2ccc(Cl)c(Cl)c2)[C@H](CC)C(=O)NC2CCCCC2)c(Br)c1. The van der Waals surface area contributed by atoms with Crippen molar-refractivity contribution in [2.45, 2.75) is 77.4 Å². The topological polar surface area (TPSA) is 58.6 Å². The minimum atomic E-state index is -0.617. The molecule has 1 fully saturated rings. The van der Waals surface area contributed by atoms with Crippen LogP contribution >= 0.6 is 39.1 Å². The minimum absolute atomic E-state index is 0.124. The molecule has 8 heteroatoms. The van der Waals surface area contributed by atoms with Crippen LogP contribution in [0.15, 0.2) is 40.9 Å². The number of hydrogen-bond acceptors (Lipinski definition) is 3. The molecule has 0 heterocycles. The summed E-state index contributed by atoms with van der Waals surface area (Å²) in [7, 11) is 0. The molecule has 0 saturated heterocycles. The Morgan fingerprint density at radius 2 is 1.77 bits per heavy atom. The Kier molecular flexibility index (Phi) is 10.7. The van der Waals surface area contributed by atoms with Crippen LogP contribution in [0.4, 0.5) is 0 Å². The number of halogens is 3. The van der Waals surface area contributed by atoms with Gasteiger partial charge in [0.2, 0.25) is 5.91 Å². The summed E-state index contributed by atoms with van der Waals surface area (Å²) in [5.74, 6) is 0.194. The van der Waals surface area contributed by atoms with Crippen molar-refractivity contribution in [2.75, 3.05) is 6.61 Å². The molecule has 1 saturated carbocycles. The van der Waals surface area contributed by atoms with Crippen molar-refractivity contribution in [2.24, 2.45) is 0 Å². The summed E-state index contributed by atoms with van der Waals surface area (Å²) in [5.41, 5.74) is 1.97. The molecule has 5 nitrogen and oxygen atoms in total. The van der Waals surface area contributed by atoms with E-state index < -0.39 is 6.04 Å². The van der Waals surface area contributed by atoms with Crippen LogP contribution in [0.2, 0.25) is 10.0 Å². The van der Waals surface area contributed by atoms with E-state index in [2.05, 4.69) is 28.2 Å². The van der Waals surface area contributed by atoms with Gasteiger partial charge in [0.25, 0.3) is 5.91 Å². The van der Waals surface area contributed by atoms with E-state index in [0.717, 1.165) is 42.1 Å². The molecule has 2 amide bonds. The number of aryl methyl sites for hydroxylation is 1. The lowest BCUT2D eigenvalue weighted by Gasteiger charge is -2.32. The average Bonchev–Trinajstić information content (AvgIpc) is 2.85. The van der Waals surface area contributed by atoms with Gasteiger partial charge in [0, 0.05) is 12.6 Å². The molecule has 3 rings (SSSR count). The summed E-state index contributed by atoms with van der Waals surface area (Å²) in [5, 5.41) is 4.03. The lowest BCUT2D eigenvalue weighted by Crippen LogP contribution is -2.52. The highest BCUT2D eigenvalue weighted by Gasteiger charge is 2.30. The fraction of sp³-hybridized carbons (Fsp3) is 0.481. The van der Waals surface area contributed by atoms with Crippen LogP contribution in [-0.4, -0.2) is 35.4 Å². The zero-order valence-electron chi connectivity index (χ0n) is 20.3. The lowest BCUT2D eigenvalue weighted by atomic mass is 9.95. The molecule has 0 bridgehead atoms. The number of nitrogens with zero attached hydrogens (tertiary/aromatic N) is 1. The largest absolute Gasteiger partial charge is 0.483 e. The number of ether oxygens (including phenoxy) is 1. The van der Waals surface area contributed by atoms with Crippen molar-refractivity contribution in [3.8, 4) is 5.75 Å². The maximum Gasteiger partial charge on any atom is 0.261 e. The first-order valence-corrected chi connectivity index (χ1v) is 13.8. The number of carbonyl (C=O) groups excluding carboxylic acids is 2. The molecule has 1 aliphatic carbocycles. The van der Waals surface area contributed by atoms with Gasteiger partial charge in [0.05, 0.1) is 14.5 Å². The van der Waals surface area contributed by atoms with Gasteiger partial charge in [-0.05, 0) is 77.0 Å². The van der Waals surface area contributed by atoms with Crippen LogP contribution in [0.5, 0.6) is 5.75 Å². The Balaban J connectivity index is 1.78. The molecule has 2 aromatic carbocycles. The quantitative estimate of drug-likeness (QED) is 0.329. The van der Waals surface area contributed by atoms with E-state index in [4.69, 9.17) is 27.9 Å². The third-order valence-corrected chi connectivity index (χ3v) is 7.79. The zero-order valence-corrected chi connectivity index (χ0v) is 23.4. The normalized spacial score (nSPS) is 14.9. The highest BCUT2D eigenvalue weighted by atomic mass is 79.9. The van der Waals surface area contributed by atoms with Gasteiger partial charge in [-0.25, -0.2) is 0 Å². The molecule has 0 spiro atoms. The van der Waals surface area contributed by atoms with Crippen LogP contribution in [-0.2, 0) is 22.6 Å². The van der Waals surface area contributed by atoms with Crippen molar-refractivity contribution in [1.82, 2.24) is 10.2 Å². The second-order valence-electron chi connectivity index (χ2n) is 8.94. The molecule has 2 aromatic rings. The van der Waals surface area contributed by atoms with Gasteiger partial charge in [-0.1, -0.05) is 68.4 Å². The van der Waals surface area contributed by atoms with Crippen LogP contribution < -0.4 is 10.1 Å². The minimum Gasteiger partial charge on any atom is -0.483 e. The van der Waals surface area contributed by atoms with Gasteiger partial charge in [0.15, 0.2) is 6.61 Å². The van der Waals surface area contributed by atoms with E-state index >= 15 is 0 Å². The molecule has 1 aliphatic rings. The van der Waals surface area contributed by atoms with E-state index in [1.54, 1.807) is 17.0 Å². The standard InChI is InChI=1S/C27H33BrCl2N2O3/c1-3-18-11-13-25(21(28)14-18)35-17-26(33)32(16-19-10-12-22(29)23(30)15-19)24(4-2)27(34)31-20-8-6-5-7-9-20/h10-15,20,24H,3-9,16-17H2,1-2H3,(H,31,34)/t24-/m1/s1. The van der Waals surface area contributed by atoms with Crippen LogP contribution in [0, 0.1) is 0 Å². The monoisotopic (exact) mass is 582 g/mol. The third-order valence-electron chi connectivity index (χ3n) is 6.43. The van der Waals surface area contributed by atoms with E-state index in [9.17, 15) is 9.59 Å². The number of hydrogen-bond donors (Lipinski definition) is 1. The fourth-order valence-electron chi connectivity index (χ4n) is 4.40. The van der Waals surface area contributed by atoms with E-state index in [-0.39, 0.29) is 31.0 Å². The van der Waals surface area contributed by atoms with Gasteiger partial charge in [0.1, 0.15) is 11.8 Å². The van der Waals surface area contributed by atoms with Crippen LogP contribution in [0.1, 0.15) is 63.5 Å². The third kappa shape index (κ3) is 7.86. The van der Waals surface area contributed by atoms with Crippen molar-refractivity contribution in [3.63, 3.8) is 0 Å². The van der Waals surface area contributed by atoms with Gasteiger partial charge < -0.3 is 15.0 Å². The molecule has 1 N–H and O–H groups in total. The summed E-state index contributed by atoms with van der Waals surface area (Å²) in [6.45, 7) is 4.04. The molecule has 0 radical (unpaired) electrons. The molecular formula is C27H33BrCl2N2O3. The maximum absolute atomic E-state index is 13.5. The Morgan fingerprint density at radius 1 is 1.06 bits per heavy atom. The predicted molar refractivity (Wildman–Crippen MR) is 145 cm³/mol. The number of benzene rings is 2. The summed E-state index contributed by atoms with van der Waals surface area (Å²) in [6, 6.07) is 10.6. The van der Waals surface area contributed by atoms with Gasteiger partial charge in [-0.15, -0.1) is 0 Å². The van der Waals surface area contributed by atoms with Crippen LogP contribution in [0.25, 0.3) is 0 Å². The zero-order chi connectivity index (χ0) is 25.4. The van der Waals surface area contributed by atoms with Gasteiger partial charge in [-0.3, -0.25) is 9.59 Å². The second-order valence-corrected chi connectivity index (χ2v) is 10.6. The number of amides is 2. The summed E-state index contributed by atoms with van der Waals surface area (Å²) in [6.07, 6.45) is 6.80. The molecule has 1 atom stereocenters. The molecule has 35 heavy (non-hydrogen) atoms. The molecular weight excluding hydrogens is 551 g/mol.